The maximum absolute atomic E-state index is 12.9. The highest BCUT2D eigenvalue weighted by atomic mass is 19.1. The van der Waals surface area contributed by atoms with Crippen molar-refractivity contribution in [2.75, 3.05) is 0 Å². The highest BCUT2D eigenvalue weighted by Crippen LogP contribution is 2.16. The Labute approximate surface area is 87.3 Å². The number of halogens is 1. The van der Waals surface area contributed by atoms with Crippen molar-refractivity contribution >= 4 is 12.2 Å². The molecule has 0 saturated heterocycles. The number of hydrogen-bond acceptors (Lipinski definition) is 2. The topological polar surface area (TPSA) is 46.2 Å². The van der Waals surface area contributed by atoms with Gasteiger partial charge in [-0.05, 0) is 17.7 Å². The molecule has 0 aliphatic rings. The molecule has 0 saturated carbocycles. The summed E-state index contributed by atoms with van der Waals surface area (Å²) in [4.78, 5) is 21.3. The Kier molecular flexibility index (Phi) is 3.97. The molecule has 0 aliphatic heterocycles. The van der Waals surface area contributed by atoms with Crippen molar-refractivity contribution in [1.82, 2.24) is 5.32 Å². The van der Waals surface area contributed by atoms with Crippen LogP contribution in [0.2, 0.25) is 0 Å². The fraction of sp³-hybridized carbons (Fsp3) is 0.273. The monoisotopic (exact) mass is 209 g/mol. The van der Waals surface area contributed by atoms with Crippen molar-refractivity contribution in [3.05, 3.63) is 35.6 Å². The van der Waals surface area contributed by atoms with Gasteiger partial charge < -0.3 is 10.1 Å². The lowest BCUT2D eigenvalue weighted by molar-refractivity contribution is -0.119. The third kappa shape index (κ3) is 3.50. The number of rotatable bonds is 4. The molecule has 3 nitrogen and oxygen atoms in total. The normalized spacial score (nSPS) is 11.9. The number of carbonyl (C=O) groups excluding carboxylic acids is 2. The average Bonchev–Trinajstić information content (AvgIpc) is 2.16. The van der Waals surface area contributed by atoms with E-state index in [4.69, 9.17) is 0 Å². The van der Waals surface area contributed by atoms with Crippen molar-refractivity contribution in [3.63, 3.8) is 0 Å². The molecule has 0 radical (unpaired) electrons. The van der Waals surface area contributed by atoms with Gasteiger partial charge in [0.25, 0.3) is 0 Å². The smallest absolute Gasteiger partial charge is 0.217 e. The van der Waals surface area contributed by atoms with E-state index in [9.17, 15) is 14.0 Å². The van der Waals surface area contributed by atoms with Gasteiger partial charge in [0.2, 0.25) is 5.91 Å². The van der Waals surface area contributed by atoms with Crippen LogP contribution in [-0.2, 0) is 9.59 Å². The minimum atomic E-state index is -0.448. The first-order valence-electron chi connectivity index (χ1n) is 4.59. The van der Waals surface area contributed by atoms with Crippen molar-refractivity contribution in [2.24, 2.45) is 0 Å². The summed E-state index contributed by atoms with van der Waals surface area (Å²) in [6.45, 7) is 1.36. The van der Waals surface area contributed by atoms with Crippen LogP contribution in [-0.4, -0.2) is 12.2 Å². The summed E-state index contributed by atoms with van der Waals surface area (Å²) in [5.74, 6) is -0.625. The largest absolute Gasteiger partial charge is 0.349 e. The molecule has 1 amide bonds. The molecule has 1 atom stereocenters. The molecule has 4 heteroatoms. The lowest BCUT2D eigenvalue weighted by Gasteiger charge is -2.15. The zero-order chi connectivity index (χ0) is 11.3. The Bertz CT molecular complexity index is 365. The highest BCUT2D eigenvalue weighted by Gasteiger charge is 2.12. The molecule has 0 fully saturated rings. The Hall–Kier alpha value is -1.71. The van der Waals surface area contributed by atoms with Gasteiger partial charge in [0.05, 0.1) is 6.04 Å². The predicted octanol–water partition coefficient (Wildman–Crippen LogP) is 1.59. The van der Waals surface area contributed by atoms with Gasteiger partial charge in [-0.15, -0.1) is 0 Å². The van der Waals surface area contributed by atoms with Crippen molar-refractivity contribution in [1.29, 1.82) is 0 Å². The van der Waals surface area contributed by atoms with E-state index in [2.05, 4.69) is 5.32 Å². The number of hydrogen-bond donors (Lipinski definition) is 1. The number of carbonyl (C=O) groups is 2. The first-order chi connectivity index (χ1) is 7.13. The SMILES string of the molecule is CC(=O)N[C@@H](CC=O)c1cccc(F)c1. The third-order valence-electron chi connectivity index (χ3n) is 1.96. The minimum absolute atomic E-state index is 0.142. The first-order valence-corrected chi connectivity index (χ1v) is 4.59. The summed E-state index contributed by atoms with van der Waals surface area (Å²) in [6.07, 6.45) is 0.842. The van der Waals surface area contributed by atoms with Crippen LogP contribution in [0.5, 0.6) is 0 Å². The van der Waals surface area contributed by atoms with E-state index in [1.54, 1.807) is 12.1 Å². The van der Waals surface area contributed by atoms with Crippen LogP contribution in [0, 0.1) is 5.82 Å². The zero-order valence-electron chi connectivity index (χ0n) is 8.37. The molecule has 80 valence electrons. The van der Waals surface area contributed by atoms with Crippen molar-refractivity contribution < 1.29 is 14.0 Å². The Morgan fingerprint density at radius 3 is 2.87 bits per heavy atom. The first kappa shape index (κ1) is 11.4. The molecular weight excluding hydrogens is 197 g/mol. The van der Waals surface area contributed by atoms with E-state index in [0.29, 0.717) is 11.8 Å². The second kappa shape index (κ2) is 5.24. The molecule has 0 aliphatic carbocycles. The summed E-state index contributed by atoms with van der Waals surface area (Å²) in [5, 5.41) is 2.59. The molecule has 1 aromatic carbocycles. The van der Waals surface area contributed by atoms with E-state index in [0.717, 1.165) is 0 Å². The average molecular weight is 209 g/mol. The Morgan fingerprint density at radius 2 is 2.33 bits per heavy atom. The van der Waals surface area contributed by atoms with Gasteiger partial charge in [0.1, 0.15) is 12.1 Å². The van der Waals surface area contributed by atoms with E-state index in [1.165, 1.54) is 19.1 Å². The molecule has 0 unspecified atom stereocenters. The standard InChI is InChI=1S/C11H12FNO2/c1-8(15)13-11(5-6-14)9-3-2-4-10(12)7-9/h2-4,6-7,11H,5H2,1H3,(H,13,15)/t11-/m0/s1. The van der Waals surface area contributed by atoms with Gasteiger partial charge in [-0.25, -0.2) is 4.39 Å². The van der Waals surface area contributed by atoms with E-state index in [-0.39, 0.29) is 18.1 Å². The Balaban J connectivity index is 2.87. The van der Waals surface area contributed by atoms with Gasteiger partial charge in [-0.1, -0.05) is 12.1 Å². The van der Waals surface area contributed by atoms with Crippen molar-refractivity contribution in [2.45, 2.75) is 19.4 Å². The second-order valence-electron chi connectivity index (χ2n) is 3.21. The van der Waals surface area contributed by atoms with Crippen LogP contribution in [0.15, 0.2) is 24.3 Å². The highest BCUT2D eigenvalue weighted by molar-refractivity contribution is 5.74. The summed E-state index contributed by atoms with van der Waals surface area (Å²) in [6, 6.07) is 5.40. The maximum atomic E-state index is 12.9. The van der Waals surface area contributed by atoms with Crippen LogP contribution in [0.4, 0.5) is 4.39 Å². The van der Waals surface area contributed by atoms with Gasteiger partial charge in [0.15, 0.2) is 0 Å². The lowest BCUT2D eigenvalue weighted by Crippen LogP contribution is -2.26. The molecule has 1 aromatic rings. The van der Waals surface area contributed by atoms with Gasteiger partial charge in [-0.2, -0.15) is 0 Å². The third-order valence-corrected chi connectivity index (χ3v) is 1.96. The molecule has 1 N–H and O–H groups in total. The van der Waals surface area contributed by atoms with E-state index < -0.39 is 6.04 Å². The molecule has 0 bridgehead atoms. The number of nitrogens with one attached hydrogen (secondary N) is 1. The fourth-order valence-electron chi connectivity index (χ4n) is 1.34. The molecule has 0 spiro atoms. The van der Waals surface area contributed by atoms with Crippen LogP contribution in [0.3, 0.4) is 0 Å². The van der Waals surface area contributed by atoms with Crippen LogP contribution in [0.1, 0.15) is 24.9 Å². The fourth-order valence-corrected chi connectivity index (χ4v) is 1.34. The summed E-state index contributed by atoms with van der Waals surface area (Å²) in [7, 11) is 0. The van der Waals surface area contributed by atoms with Crippen LogP contribution < -0.4 is 5.32 Å². The van der Waals surface area contributed by atoms with Crippen LogP contribution >= 0.6 is 0 Å². The summed E-state index contributed by atoms with van der Waals surface area (Å²) < 4.78 is 12.9. The molecule has 0 heterocycles. The molecule has 0 aromatic heterocycles. The second-order valence-corrected chi connectivity index (χ2v) is 3.21. The zero-order valence-corrected chi connectivity index (χ0v) is 8.37. The van der Waals surface area contributed by atoms with Crippen LogP contribution in [0.25, 0.3) is 0 Å². The lowest BCUT2D eigenvalue weighted by atomic mass is 10.0. The number of benzene rings is 1. The molecular formula is C11H12FNO2. The van der Waals surface area contributed by atoms with Gasteiger partial charge in [0, 0.05) is 13.3 Å². The minimum Gasteiger partial charge on any atom is -0.349 e. The maximum Gasteiger partial charge on any atom is 0.217 e. The number of aldehydes is 1. The van der Waals surface area contributed by atoms with Gasteiger partial charge >= 0.3 is 0 Å². The van der Waals surface area contributed by atoms with E-state index >= 15 is 0 Å². The predicted molar refractivity (Wildman–Crippen MR) is 53.6 cm³/mol. The summed E-state index contributed by atoms with van der Waals surface area (Å²) in [5.41, 5.74) is 0.595. The molecule has 1 rings (SSSR count). The Morgan fingerprint density at radius 1 is 1.60 bits per heavy atom. The molecule has 15 heavy (non-hydrogen) atoms. The summed E-state index contributed by atoms with van der Waals surface area (Å²) >= 11 is 0. The quantitative estimate of drug-likeness (QED) is 0.765. The van der Waals surface area contributed by atoms with Crippen molar-refractivity contribution in [3.8, 4) is 0 Å². The number of amides is 1. The van der Waals surface area contributed by atoms with E-state index in [1.807, 2.05) is 0 Å². The van der Waals surface area contributed by atoms with Gasteiger partial charge in [-0.3, -0.25) is 4.79 Å².